The maximum absolute atomic E-state index is 10.4. The first-order valence-corrected chi connectivity index (χ1v) is 6.06. The fourth-order valence-electron chi connectivity index (χ4n) is 1.27. The second-order valence-corrected chi connectivity index (χ2v) is 4.39. The van der Waals surface area contributed by atoms with Crippen molar-refractivity contribution >= 4 is 17.7 Å². The molecule has 0 saturated heterocycles. The van der Waals surface area contributed by atoms with Gasteiger partial charge in [-0.1, -0.05) is 42.1 Å². The first-order chi connectivity index (χ1) is 8.25. The van der Waals surface area contributed by atoms with Crippen molar-refractivity contribution in [2.45, 2.75) is 11.6 Å². The van der Waals surface area contributed by atoms with Crippen LogP contribution in [0.4, 0.5) is 0 Å². The summed E-state index contributed by atoms with van der Waals surface area (Å²) in [7, 11) is 0. The van der Waals surface area contributed by atoms with Gasteiger partial charge >= 0.3 is 5.97 Å². The monoisotopic (exact) mass is 249 g/mol. The van der Waals surface area contributed by atoms with E-state index in [4.69, 9.17) is 5.11 Å². The van der Waals surface area contributed by atoms with Crippen LogP contribution < -0.4 is 0 Å². The molecule has 6 heteroatoms. The Balaban J connectivity index is 1.99. The Morgan fingerprint density at radius 1 is 1.35 bits per heavy atom. The van der Waals surface area contributed by atoms with Crippen LogP contribution in [0.25, 0.3) is 11.4 Å². The van der Waals surface area contributed by atoms with Gasteiger partial charge in [-0.3, -0.25) is 9.89 Å². The lowest BCUT2D eigenvalue weighted by atomic mass is 10.2. The summed E-state index contributed by atoms with van der Waals surface area (Å²) < 4.78 is 0. The molecule has 0 atom stereocenters. The number of nitrogens with one attached hydrogen (secondary N) is 1. The zero-order chi connectivity index (χ0) is 12.1. The molecule has 0 saturated carbocycles. The van der Waals surface area contributed by atoms with E-state index in [9.17, 15) is 4.79 Å². The number of carbonyl (C=O) groups is 1. The van der Waals surface area contributed by atoms with Crippen molar-refractivity contribution in [1.82, 2.24) is 15.2 Å². The van der Waals surface area contributed by atoms with Crippen LogP contribution in [0.15, 0.2) is 35.5 Å². The smallest absolute Gasteiger partial charge is 0.304 e. The molecule has 0 spiro atoms. The fraction of sp³-hybridized carbons (Fsp3) is 0.182. The van der Waals surface area contributed by atoms with Gasteiger partial charge in [0.25, 0.3) is 0 Å². The number of carboxylic acid groups (broad SMARTS) is 1. The third kappa shape index (κ3) is 3.32. The highest BCUT2D eigenvalue weighted by molar-refractivity contribution is 7.99. The number of hydrogen-bond donors (Lipinski definition) is 2. The maximum Gasteiger partial charge on any atom is 0.304 e. The third-order valence-corrected chi connectivity index (χ3v) is 2.91. The number of hydrogen-bond acceptors (Lipinski definition) is 4. The molecule has 1 aromatic carbocycles. The van der Waals surface area contributed by atoms with Crippen molar-refractivity contribution in [1.29, 1.82) is 0 Å². The van der Waals surface area contributed by atoms with E-state index in [0.717, 1.165) is 5.56 Å². The van der Waals surface area contributed by atoms with E-state index in [-0.39, 0.29) is 6.42 Å². The average Bonchev–Trinajstić information content (AvgIpc) is 2.78. The second kappa shape index (κ2) is 5.49. The van der Waals surface area contributed by atoms with Gasteiger partial charge in [-0.25, -0.2) is 4.98 Å². The molecule has 0 bridgehead atoms. The molecular weight excluding hydrogens is 238 g/mol. The fourth-order valence-corrected chi connectivity index (χ4v) is 1.99. The summed E-state index contributed by atoms with van der Waals surface area (Å²) in [5.74, 6) is 0.362. The van der Waals surface area contributed by atoms with Crippen LogP contribution in [0.3, 0.4) is 0 Å². The second-order valence-electron chi connectivity index (χ2n) is 3.32. The highest BCUT2D eigenvalue weighted by Crippen LogP contribution is 2.19. The van der Waals surface area contributed by atoms with Gasteiger partial charge in [-0.2, -0.15) is 0 Å². The number of benzene rings is 1. The first kappa shape index (κ1) is 11.7. The Bertz CT molecular complexity index is 498. The lowest BCUT2D eigenvalue weighted by Gasteiger charge is -1.93. The largest absolute Gasteiger partial charge is 0.481 e. The lowest BCUT2D eigenvalue weighted by Crippen LogP contribution is -1.95. The number of aromatic amines is 1. The molecule has 1 heterocycles. The molecule has 2 N–H and O–H groups in total. The van der Waals surface area contributed by atoms with Crippen molar-refractivity contribution in [3.63, 3.8) is 0 Å². The number of aromatic nitrogens is 3. The highest BCUT2D eigenvalue weighted by atomic mass is 32.2. The molecule has 0 fully saturated rings. The van der Waals surface area contributed by atoms with Crippen molar-refractivity contribution < 1.29 is 9.90 Å². The number of thioether (sulfide) groups is 1. The van der Waals surface area contributed by atoms with Crippen LogP contribution in [-0.4, -0.2) is 32.0 Å². The molecule has 0 radical (unpaired) electrons. The molecule has 0 unspecified atom stereocenters. The molecule has 2 rings (SSSR count). The number of carboxylic acids is 1. The van der Waals surface area contributed by atoms with E-state index in [2.05, 4.69) is 15.2 Å². The van der Waals surface area contributed by atoms with E-state index in [0.29, 0.717) is 16.7 Å². The molecular formula is C11H11N3O2S. The molecule has 2 aromatic rings. The van der Waals surface area contributed by atoms with E-state index in [1.165, 1.54) is 11.8 Å². The van der Waals surface area contributed by atoms with Crippen molar-refractivity contribution in [2.75, 3.05) is 5.75 Å². The molecule has 0 aliphatic rings. The Labute approximate surface area is 102 Å². The van der Waals surface area contributed by atoms with Gasteiger partial charge in [0.2, 0.25) is 5.16 Å². The Hall–Kier alpha value is -1.82. The predicted molar refractivity (Wildman–Crippen MR) is 64.8 cm³/mol. The highest BCUT2D eigenvalue weighted by Gasteiger charge is 2.06. The van der Waals surface area contributed by atoms with E-state index in [1.807, 2.05) is 30.3 Å². The van der Waals surface area contributed by atoms with E-state index < -0.39 is 5.97 Å². The van der Waals surface area contributed by atoms with Crippen molar-refractivity contribution in [3.05, 3.63) is 30.3 Å². The summed E-state index contributed by atoms with van der Waals surface area (Å²) >= 11 is 1.33. The Morgan fingerprint density at radius 2 is 2.12 bits per heavy atom. The molecule has 5 nitrogen and oxygen atoms in total. The van der Waals surface area contributed by atoms with Crippen LogP contribution >= 0.6 is 11.8 Å². The number of H-pyrrole nitrogens is 1. The molecule has 1 aromatic heterocycles. The van der Waals surface area contributed by atoms with Crippen LogP contribution in [0, 0.1) is 0 Å². The topological polar surface area (TPSA) is 78.9 Å². The summed E-state index contributed by atoms with van der Waals surface area (Å²) in [5, 5.41) is 15.9. The summed E-state index contributed by atoms with van der Waals surface area (Å²) in [4.78, 5) is 14.6. The minimum atomic E-state index is -0.809. The lowest BCUT2D eigenvalue weighted by molar-refractivity contribution is -0.136. The molecule has 88 valence electrons. The van der Waals surface area contributed by atoms with Gasteiger partial charge in [0, 0.05) is 11.3 Å². The Morgan fingerprint density at radius 3 is 2.82 bits per heavy atom. The molecule has 0 amide bonds. The zero-order valence-corrected chi connectivity index (χ0v) is 9.78. The third-order valence-electron chi connectivity index (χ3n) is 2.06. The minimum absolute atomic E-state index is 0.111. The quantitative estimate of drug-likeness (QED) is 0.793. The van der Waals surface area contributed by atoms with Gasteiger partial charge < -0.3 is 5.11 Å². The summed E-state index contributed by atoms with van der Waals surface area (Å²) in [6.07, 6.45) is 0.111. The van der Waals surface area contributed by atoms with Gasteiger partial charge in [0.15, 0.2) is 5.82 Å². The normalized spacial score (nSPS) is 10.4. The minimum Gasteiger partial charge on any atom is -0.481 e. The van der Waals surface area contributed by atoms with Crippen LogP contribution in [0.1, 0.15) is 6.42 Å². The first-order valence-electron chi connectivity index (χ1n) is 5.08. The SMILES string of the molecule is O=C(O)CCSc1n[nH]c(-c2ccccc2)n1. The molecule has 17 heavy (non-hydrogen) atoms. The van der Waals surface area contributed by atoms with Crippen LogP contribution in [0.5, 0.6) is 0 Å². The van der Waals surface area contributed by atoms with Gasteiger partial charge in [0.1, 0.15) is 0 Å². The van der Waals surface area contributed by atoms with Crippen LogP contribution in [0.2, 0.25) is 0 Å². The number of aliphatic carboxylic acids is 1. The molecule has 0 aliphatic heterocycles. The summed E-state index contributed by atoms with van der Waals surface area (Å²) in [6, 6.07) is 9.66. The molecule has 0 aliphatic carbocycles. The number of rotatable bonds is 5. The van der Waals surface area contributed by atoms with E-state index in [1.54, 1.807) is 0 Å². The predicted octanol–water partition coefficient (Wildman–Crippen LogP) is 2.04. The number of nitrogens with zero attached hydrogens (tertiary/aromatic N) is 2. The standard InChI is InChI=1S/C11H11N3O2S/c15-9(16)6-7-17-11-12-10(13-14-11)8-4-2-1-3-5-8/h1-5H,6-7H2,(H,15,16)(H,12,13,14). The van der Waals surface area contributed by atoms with Gasteiger partial charge in [-0.15, -0.1) is 5.10 Å². The van der Waals surface area contributed by atoms with Crippen molar-refractivity contribution in [2.24, 2.45) is 0 Å². The zero-order valence-electron chi connectivity index (χ0n) is 8.96. The van der Waals surface area contributed by atoms with Gasteiger partial charge in [0.05, 0.1) is 6.42 Å². The van der Waals surface area contributed by atoms with Crippen LogP contribution in [-0.2, 0) is 4.79 Å². The summed E-state index contributed by atoms with van der Waals surface area (Å²) in [5.41, 5.74) is 0.963. The average molecular weight is 249 g/mol. The van der Waals surface area contributed by atoms with Crippen molar-refractivity contribution in [3.8, 4) is 11.4 Å². The Kier molecular flexibility index (Phi) is 3.77. The van der Waals surface area contributed by atoms with Gasteiger partial charge in [-0.05, 0) is 0 Å². The summed E-state index contributed by atoms with van der Waals surface area (Å²) in [6.45, 7) is 0. The van der Waals surface area contributed by atoms with E-state index >= 15 is 0 Å². The maximum atomic E-state index is 10.4.